The summed E-state index contributed by atoms with van der Waals surface area (Å²) in [6.45, 7) is 6.67. The van der Waals surface area contributed by atoms with Crippen molar-refractivity contribution in [2.24, 2.45) is 17.3 Å². The molecule has 2 aromatic rings. The highest BCUT2D eigenvalue weighted by molar-refractivity contribution is 5.87. The first-order valence-electron chi connectivity index (χ1n) is 13.0. The van der Waals surface area contributed by atoms with Gasteiger partial charge in [0.25, 0.3) is 0 Å². The zero-order chi connectivity index (χ0) is 25.9. The third kappa shape index (κ3) is 5.26. The number of benzene rings is 1. The normalized spacial score (nSPS) is 25.1. The highest BCUT2D eigenvalue weighted by Gasteiger charge is 2.58. The molecule has 7 heteroatoms. The van der Waals surface area contributed by atoms with Gasteiger partial charge in [0.1, 0.15) is 11.8 Å². The minimum absolute atomic E-state index is 0.0199. The second-order valence-corrected chi connectivity index (χ2v) is 11.2. The zero-order valence-corrected chi connectivity index (χ0v) is 21.8. The van der Waals surface area contributed by atoms with Crippen molar-refractivity contribution in [3.8, 4) is 5.75 Å². The van der Waals surface area contributed by atoms with E-state index in [9.17, 15) is 14.7 Å². The van der Waals surface area contributed by atoms with E-state index in [1.807, 2.05) is 36.4 Å². The van der Waals surface area contributed by atoms with Gasteiger partial charge in [-0.3, -0.25) is 9.78 Å². The Bertz CT molecular complexity index is 1050. The van der Waals surface area contributed by atoms with Crippen molar-refractivity contribution in [3.05, 3.63) is 59.9 Å². The summed E-state index contributed by atoms with van der Waals surface area (Å²) < 4.78 is 5.53. The van der Waals surface area contributed by atoms with E-state index >= 15 is 0 Å². The first-order chi connectivity index (χ1) is 17.2. The Morgan fingerprint density at radius 2 is 1.81 bits per heavy atom. The molecule has 4 atom stereocenters. The molecule has 194 valence electrons. The number of hydrogen-bond acceptors (Lipinski definition) is 5. The molecule has 1 aromatic heterocycles. The quantitative estimate of drug-likeness (QED) is 0.574. The first-order valence-corrected chi connectivity index (χ1v) is 13.0. The highest BCUT2D eigenvalue weighted by atomic mass is 16.5. The molecule has 7 nitrogen and oxygen atoms in total. The van der Waals surface area contributed by atoms with Crippen LogP contribution in [0.5, 0.6) is 5.75 Å². The maximum absolute atomic E-state index is 14.1. The number of amides is 1. The smallest absolute Gasteiger partial charge is 0.326 e. The fraction of sp³-hybridized carbons (Fsp3) is 0.552. The number of likely N-dealkylation sites (tertiary alicyclic amines) is 1. The third-order valence-corrected chi connectivity index (χ3v) is 7.88. The van der Waals surface area contributed by atoms with E-state index in [4.69, 9.17) is 4.74 Å². The zero-order valence-electron chi connectivity index (χ0n) is 21.8. The number of nitrogens with one attached hydrogen (secondary N) is 1. The van der Waals surface area contributed by atoms with Crippen LogP contribution in [0.15, 0.2) is 48.8 Å². The number of carbonyl (C=O) groups is 2. The molecule has 0 radical (unpaired) electrons. The standard InChI is InChI=1S/C29H39N3O4/c1-29(2,3)23-24(31-18-21-17-30-16-15-22(21)36-4)25(19-11-7-5-8-12-19)32(26(23)28(34)35)27(33)20-13-9-6-10-14-20/h5,7-8,11-12,15-17,20,23-26,31H,6,9-10,13-14,18H2,1-4H3,(H,34,35)/t23-,24-,25-,26-/m1/s1. The molecule has 0 unspecified atom stereocenters. The summed E-state index contributed by atoms with van der Waals surface area (Å²) in [6, 6.07) is 10.1. The number of carboxylic acid groups (broad SMARTS) is 1. The Morgan fingerprint density at radius 1 is 1.11 bits per heavy atom. The number of rotatable bonds is 7. The predicted octanol–water partition coefficient (Wildman–Crippen LogP) is 4.83. The molecule has 2 aliphatic rings. The van der Waals surface area contributed by atoms with Crippen molar-refractivity contribution in [1.82, 2.24) is 15.2 Å². The van der Waals surface area contributed by atoms with Gasteiger partial charge in [0.15, 0.2) is 0 Å². The molecular formula is C29H39N3O4. The second-order valence-electron chi connectivity index (χ2n) is 11.2. The molecule has 4 rings (SSSR count). The molecule has 2 heterocycles. The van der Waals surface area contributed by atoms with Crippen molar-refractivity contribution in [2.75, 3.05) is 7.11 Å². The topological polar surface area (TPSA) is 91.8 Å². The lowest BCUT2D eigenvalue weighted by atomic mass is 9.72. The molecule has 2 fully saturated rings. The van der Waals surface area contributed by atoms with Crippen LogP contribution in [0.1, 0.15) is 70.0 Å². The van der Waals surface area contributed by atoms with E-state index in [1.54, 1.807) is 24.4 Å². The Hall–Kier alpha value is -2.93. The average molecular weight is 494 g/mol. The number of methoxy groups -OCH3 is 1. The van der Waals surface area contributed by atoms with Crippen molar-refractivity contribution in [3.63, 3.8) is 0 Å². The van der Waals surface area contributed by atoms with Gasteiger partial charge in [0.2, 0.25) is 5.91 Å². The van der Waals surface area contributed by atoms with Crippen LogP contribution in [0.25, 0.3) is 0 Å². The largest absolute Gasteiger partial charge is 0.496 e. The van der Waals surface area contributed by atoms with Crippen molar-refractivity contribution < 1.29 is 19.4 Å². The molecular weight excluding hydrogens is 454 g/mol. The number of ether oxygens (including phenoxy) is 1. The van der Waals surface area contributed by atoms with Crippen LogP contribution < -0.4 is 10.1 Å². The molecule has 36 heavy (non-hydrogen) atoms. The van der Waals surface area contributed by atoms with Gasteiger partial charge < -0.3 is 20.1 Å². The summed E-state index contributed by atoms with van der Waals surface area (Å²) in [5, 5.41) is 14.2. The van der Waals surface area contributed by atoms with E-state index in [0.29, 0.717) is 6.54 Å². The number of aliphatic carboxylic acids is 1. The van der Waals surface area contributed by atoms with Crippen molar-refractivity contribution >= 4 is 11.9 Å². The maximum Gasteiger partial charge on any atom is 0.326 e. The van der Waals surface area contributed by atoms with Crippen LogP contribution in [-0.4, -0.2) is 46.1 Å². The fourth-order valence-corrected chi connectivity index (χ4v) is 6.26. The van der Waals surface area contributed by atoms with Gasteiger partial charge >= 0.3 is 5.97 Å². The van der Waals surface area contributed by atoms with Crippen LogP contribution in [0.3, 0.4) is 0 Å². The van der Waals surface area contributed by atoms with Crippen LogP contribution in [-0.2, 0) is 16.1 Å². The maximum atomic E-state index is 14.1. The third-order valence-electron chi connectivity index (χ3n) is 7.88. The number of carbonyl (C=O) groups excluding carboxylic acids is 1. The van der Waals surface area contributed by atoms with Crippen LogP contribution >= 0.6 is 0 Å². The summed E-state index contributed by atoms with van der Waals surface area (Å²) >= 11 is 0. The Morgan fingerprint density at radius 3 is 2.42 bits per heavy atom. The van der Waals surface area contributed by atoms with Crippen LogP contribution in [0, 0.1) is 17.3 Å². The Balaban J connectivity index is 1.80. The van der Waals surface area contributed by atoms with Crippen molar-refractivity contribution in [1.29, 1.82) is 0 Å². The first kappa shape index (κ1) is 26.1. The van der Waals surface area contributed by atoms with Crippen LogP contribution in [0.2, 0.25) is 0 Å². The number of carboxylic acids is 1. The summed E-state index contributed by atoms with van der Waals surface area (Å²) in [7, 11) is 1.63. The number of hydrogen-bond donors (Lipinski definition) is 2. The monoisotopic (exact) mass is 493 g/mol. The summed E-state index contributed by atoms with van der Waals surface area (Å²) in [4.78, 5) is 33.0. The molecule has 1 saturated heterocycles. The lowest BCUT2D eigenvalue weighted by Crippen LogP contribution is -2.49. The molecule has 1 aliphatic heterocycles. The lowest BCUT2D eigenvalue weighted by molar-refractivity contribution is -0.154. The summed E-state index contributed by atoms with van der Waals surface area (Å²) in [5.74, 6) is -0.666. The lowest BCUT2D eigenvalue weighted by Gasteiger charge is -2.36. The SMILES string of the molecule is COc1ccncc1CN[C@@H]1[C@@H](C(C)(C)C)[C@H](C(=O)O)N(C(=O)C2CCCCC2)[C@@H]1c1ccccc1. The molecule has 1 aliphatic carbocycles. The number of pyridine rings is 1. The minimum atomic E-state index is -0.941. The second kappa shape index (κ2) is 11.0. The molecule has 0 bridgehead atoms. The van der Waals surface area contributed by atoms with Gasteiger partial charge in [-0.05, 0) is 29.9 Å². The van der Waals surface area contributed by atoms with Gasteiger partial charge in [-0.15, -0.1) is 0 Å². The van der Waals surface area contributed by atoms with E-state index in [1.165, 1.54) is 0 Å². The number of aromatic nitrogens is 1. The summed E-state index contributed by atoms with van der Waals surface area (Å²) in [6.07, 6.45) is 8.28. The van der Waals surface area contributed by atoms with Gasteiger partial charge in [0.05, 0.1) is 13.2 Å². The molecule has 2 N–H and O–H groups in total. The van der Waals surface area contributed by atoms with Gasteiger partial charge in [-0.25, -0.2) is 4.79 Å². The minimum Gasteiger partial charge on any atom is -0.496 e. The summed E-state index contributed by atoms with van der Waals surface area (Å²) in [5.41, 5.74) is 1.48. The molecule has 0 spiro atoms. The van der Waals surface area contributed by atoms with Gasteiger partial charge in [-0.1, -0.05) is 70.4 Å². The predicted molar refractivity (Wildman–Crippen MR) is 138 cm³/mol. The Kier molecular flexibility index (Phi) is 7.98. The molecule has 1 aromatic carbocycles. The van der Waals surface area contributed by atoms with Gasteiger partial charge in [0, 0.05) is 42.4 Å². The molecule has 1 saturated carbocycles. The number of nitrogens with zero attached hydrogens (tertiary/aromatic N) is 2. The van der Waals surface area contributed by atoms with E-state index in [-0.39, 0.29) is 29.2 Å². The average Bonchev–Trinajstić information content (AvgIpc) is 3.24. The molecule has 1 amide bonds. The fourth-order valence-electron chi connectivity index (χ4n) is 6.26. The van der Waals surface area contributed by atoms with Crippen LogP contribution in [0.4, 0.5) is 0 Å². The van der Waals surface area contributed by atoms with Crippen molar-refractivity contribution in [2.45, 2.75) is 77.5 Å². The van der Waals surface area contributed by atoms with E-state index in [2.05, 4.69) is 31.1 Å². The van der Waals surface area contributed by atoms with Gasteiger partial charge in [-0.2, -0.15) is 0 Å². The highest BCUT2D eigenvalue weighted by Crippen LogP contribution is 2.49. The Labute approximate surface area is 214 Å². The van der Waals surface area contributed by atoms with E-state index in [0.717, 1.165) is 49.0 Å². The van der Waals surface area contributed by atoms with E-state index < -0.39 is 18.1 Å².